The van der Waals surface area contributed by atoms with Crippen LogP contribution in [0.2, 0.25) is 5.02 Å². The predicted octanol–water partition coefficient (Wildman–Crippen LogP) is 6.78. The van der Waals surface area contributed by atoms with Crippen LogP contribution < -0.4 is 10.6 Å². The average molecular weight is 503 g/mol. The smallest absolute Gasteiger partial charge is 0.363 e. The Hall–Kier alpha value is -3.21. The number of anilines is 2. The van der Waals surface area contributed by atoms with Gasteiger partial charge in [0.1, 0.15) is 11.4 Å². The van der Waals surface area contributed by atoms with Crippen molar-refractivity contribution in [3.8, 4) is 0 Å². The lowest BCUT2D eigenvalue weighted by Gasteiger charge is -2.34. The Morgan fingerprint density at radius 2 is 1.79 bits per heavy atom. The quantitative estimate of drug-likeness (QED) is 0.388. The summed E-state index contributed by atoms with van der Waals surface area (Å²) in [6.45, 7) is 1.84. The first-order valence-corrected chi connectivity index (χ1v) is 10.4. The largest absolute Gasteiger partial charge is 0.417 e. The van der Waals surface area contributed by atoms with Gasteiger partial charge in [0.2, 0.25) is 0 Å². The van der Waals surface area contributed by atoms with Crippen LogP contribution in [0.5, 0.6) is 0 Å². The third-order valence-corrected chi connectivity index (χ3v) is 5.82. The molecule has 1 aliphatic rings. The number of aromatic nitrogens is 2. The third-order valence-electron chi connectivity index (χ3n) is 5.49. The molecule has 0 spiro atoms. The van der Waals surface area contributed by atoms with Gasteiger partial charge in [0.25, 0.3) is 5.91 Å². The highest BCUT2D eigenvalue weighted by Gasteiger charge is 2.47. The number of alkyl halides is 6. The van der Waals surface area contributed by atoms with Gasteiger partial charge in [0.05, 0.1) is 22.8 Å². The van der Waals surface area contributed by atoms with Gasteiger partial charge in [-0.05, 0) is 30.7 Å². The summed E-state index contributed by atoms with van der Waals surface area (Å²) < 4.78 is 81.5. The van der Waals surface area contributed by atoms with E-state index in [0.29, 0.717) is 16.3 Å². The Morgan fingerprint density at radius 3 is 2.41 bits per heavy atom. The molecular formula is C22H17ClF6N4O. The molecule has 0 fully saturated rings. The first-order valence-electron chi connectivity index (χ1n) is 10.00. The summed E-state index contributed by atoms with van der Waals surface area (Å²) in [5, 5.41) is 8.41. The number of nitrogens with one attached hydrogen (secondary N) is 2. The normalized spacial score (nSPS) is 18.2. The SMILES string of the molecule is Cc1ccc([C@H]2C[C@H](C(F)(F)F)n3ncc(C(=O)Nc4ccc(Cl)c(C(F)(F)F)c4)c3N2)cc1. The first kappa shape index (κ1) is 23.9. The van der Waals surface area contributed by atoms with Gasteiger partial charge in [-0.3, -0.25) is 4.79 Å². The van der Waals surface area contributed by atoms with Gasteiger partial charge in [-0.1, -0.05) is 41.4 Å². The number of rotatable bonds is 3. The molecule has 1 aliphatic heterocycles. The van der Waals surface area contributed by atoms with E-state index >= 15 is 0 Å². The maximum Gasteiger partial charge on any atom is 0.417 e. The number of amides is 1. The molecule has 1 amide bonds. The molecule has 0 radical (unpaired) electrons. The molecule has 2 atom stereocenters. The van der Waals surface area contributed by atoms with E-state index in [0.717, 1.165) is 23.9 Å². The van der Waals surface area contributed by atoms with Gasteiger partial charge in [-0.15, -0.1) is 0 Å². The van der Waals surface area contributed by atoms with Crippen molar-refractivity contribution in [2.75, 3.05) is 10.6 Å². The second-order valence-electron chi connectivity index (χ2n) is 7.90. The summed E-state index contributed by atoms with van der Waals surface area (Å²) in [5.41, 5.74) is -0.0994. The van der Waals surface area contributed by atoms with Crippen molar-refractivity contribution in [3.05, 3.63) is 75.9 Å². The minimum atomic E-state index is -4.75. The molecule has 2 heterocycles. The molecule has 2 N–H and O–H groups in total. The molecule has 3 aromatic rings. The zero-order valence-electron chi connectivity index (χ0n) is 17.4. The third kappa shape index (κ3) is 4.70. The van der Waals surface area contributed by atoms with Crippen LogP contribution in [0, 0.1) is 6.92 Å². The predicted molar refractivity (Wildman–Crippen MR) is 114 cm³/mol. The number of carbonyl (C=O) groups is 1. The molecule has 0 saturated carbocycles. The summed E-state index contributed by atoms with van der Waals surface area (Å²) in [6.07, 6.45) is -8.79. The number of nitrogens with zero attached hydrogens (tertiary/aromatic N) is 2. The van der Waals surface area contributed by atoms with E-state index in [1.807, 2.05) is 6.92 Å². The Kier molecular flexibility index (Phi) is 6.01. The molecule has 0 saturated heterocycles. The number of hydrogen-bond acceptors (Lipinski definition) is 3. The fourth-order valence-corrected chi connectivity index (χ4v) is 3.99. The Balaban J connectivity index is 1.67. The molecule has 2 aromatic carbocycles. The van der Waals surface area contributed by atoms with Crippen molar-refractivity contribution in [2.45, 2.75) is 37.8 Å². The molecule has 34 heavy (non-hydrogen) atoms. The lowest BCUT2D eigenvalue weighted by Crippen LogP contribution is -2.36. The second kappa shape index (κ2) is 8.53. The summed E-state index contributed by atoms with van der Waals surface area (Å²) in [6, 6.07) is 6.93. The Bertz CT molecular complexity index is 1220. The molecule has 180 valence electrons. The highest BCUT2D eigenvalue weighted by molar-refractivity contribution is 6.31. The van der Waals surface area contributed by atoms with Crippen LogP contribution in [-0.4, -0.2) is 21.9 Å². The van der Waals surface area contributed by atoms with Crippen molar-refractivity contribution in [2.24, 2.45) is 0 Å². The van der Waals surface area contributed by atoms with Crippen LogP contribution in [0.3, 0.4) is 0 Å². The molecule has 4 rings (SSSR count). The molecule has 0 aliphatic carbocycles. The number of carbonyl (C=O) groups excluding carboxylic acids is 1. The molecule has 5 nitrogen and oxygen atoms in total. The van der Waals surface area contributed by atoms with E-state index < -0.39 is 40.9 Å². The lowest BCUT2D eigenvalue weighted by molar-refractivity contribution is -0.173. The molecule has 12 heteroatoms. The number of aryl methyl sites for hydroxylation is 1. The standard InChI is InChI=1S/C22H17ClF6N4O/c1-11-2-4-12(5-3-11)17-9-18(22(27,28)29)33-19(32-17)14(10-30-33)20(34)31-13-6-7-16(23)15(8-13)21(24,25)26/h2-8,10,17-18,32H,9H2,1H3,(H,31,34)/t17-,18-/m1/s1. The lowest BCUT2D eigenvalue weighted by atomic mass is 9.96. The maximum atomic E-state index is 13.8. The van der Waals surface area contributed by atoms with Gasteiger partial charge >= 0.3 is 12.4 Å². The van der Waals surface area contributed by atoms with E-state index in [2.05, 4.69) is 15.7 Å². The van der Waals surface area contributed by atoms with Crippen LogP contribution in [0.1, 0.15) is 45.6 Å². The van der Waals surface area contributed by atoms with Crippen molar-refractivity contribution in [1.82, 2.24) is 9.78 Å². The van der Waals surface area contributed by atoms with Crippen molar-refractivity contribution >= 4 is 29.0 Å². The Morgan fingerprint density at radius 1 is 1.12 bits per heavy atom. The molecule has 0 unspecified atom stereocenters. The number of halogens is 7. The topological polar surface area (TPSA) is 59.0 Å². The van der Waals surface area contributed by atoms with Gasteiger partial charge in [-0.25, -0.2) is 4.68 Å². The van der Waals surface area contributed by atoms with Gasteiger partial charge in [0, 0.05) is 12.1 Å². The number of fused-ring (bicyclic) bond motifs is 1. The summed E-state index contributed by atoms with van der Waals surface area (Å²) in [5.74, 6) is -1.10. The highest BCUT2D eigenvalue weighted by Crippen LogP contribution is 2.44. The van der Waals surface area contributed by atoms with E-state index in [1.54, 1.807) is 24.3 Å². The molecule has 1 aromatic heterocycles. The zero-order valence-corrected chi connectivity index (χ0v) is 18.2. The van der Waals surface area contributed by atoms with Gasteiger partial charge in [-0.2, -0.15) is 31.4 Å². The maximum absolute atomic E-state index is 13.8. The number of hydrogen-bond donors (Lipinski definition) is 2. The van der Waals surface area contributed by atoms with E-state index in [9.17, 15) is 31.1 Å². The summed E-state index contributed by atoms with van der Waals surface area (Å²) in [7, 11) is 0. The van der Waals surface area contributed by atoms with Crippen molar-refractivity contribution in [1.29, 1.82) is 0 Å². The fourth-order valence-electron chi connectivity index (χ4n) is 3.76. The second-order valence-corrected chi connectivity index (χ2v) is 8.31. The van der Waals surface area contributed by atoms with Crippen LogP contribution in [-0.2, 0) is 6.18 Å². The summed E-state index contributed by atoms with van der Waals surface area (Å²) in [4.78, 5) is 12.8. The summed E-state index contributed by atoms with van der Waals surface area (Å²) >= 11 is 5.59. The average Bonchev–Trinajstić information content (AvgIpc) is 3.17. The van der Waals surface area contributed by atoms with Crippen LogP contribution >= 0.6 is 11.6 Å². The van der Waals surface area contributed by atoms with Crippen LogP contribution in [0.4, 0.5) is 37.8 Å². The number of benzene rings is 2. The first-order chi connectivity index (χ1) is 15.8. The van der Waals surface area contributed by atoms with Crippen LogP contribution in [0.25, 0.3) is 0 Å². The van der Waals surface area contributed by atoms with Crippen molar-refractivity contribution in [3.63, 3.8) is 0 Å². The molecule has 0 bridgehead atoms. The molecular weight excluding hydrogens is 486 g/mol. The monoisotopic (exact) mass is 502 g/mol. The zero-order chi connectivity index (χ0) is 24.8. The fraction of sp³-hybridized carbons (Fsp3) is 0.273. The van der Waals surface area contributed by atoms with Gasteiger partial charge < -0.3 is 10.6 Å². The van der Waals surface area contributed by atoms with E-state index in [-0.39, 0.29) is 23.5 Å². The Labute approximate surface area is 194 Å². The van der Waals surface area contributed by atoms with Crippen molar-refractivity contribution < 1.29 is 31.1 Å². The van der Waals surface area contributed by atoms with Crippen LogP contribution in [0.15, 0.2) is 48.7 Å². The highest BCUT2D eigenvalue weighted by atomic mass is 35.5. The van der Waals surface area contributed by atoms with Gasteiger partial charge in [0.15, 0.2) is 6.04 Å². The minimum absolute atomic E-state index is 0.179. The van der Waals surface area contributed by atoms with E-state index in [1.165, 1.54) is 0 Å². The van der Waals surface area contributed by atoms with E-state index in [4.69, 9.17) is 11.6 Å². The minimum Gasteiger partial charge on any atom is -0.363 e.